The molecule has 11 heteroatoms. The second kappa shape index (κ2) is 7.51. The van der Waals surface area contributed by atoms with Gasteiger partial charge < -0.3 is 9.47 Å². The van der Waals surface area contributed by atoms with Crippen LogP contribution in [-0.4, -0.2) is 56.0 Å². The smallest absolute Gasteiger partial charge is 0.334 e. The maximum atomic E-state index is 13.4. The van der Waals surface area contributed by atoms with E-state index in [-0.39, 0.29) is 36.6 Å². The van der Waals surface area contributed by atoms with E-state index in [0.29, 0.717) is 25.5 Å². The first kappa shape index (κ1) is 20.6. The number of anilines is 1. The molecule has 2 saturated heterocycles. The molecule has 2 bridgehead atoms. The first-order valence-electron chi connectivity index (χ1n) is 11.3. The number of piperidine rings is 1. The van der Waals surface area contributed by atoms with Crippen molar-refractivity contribution in [2.75, 3.05) is 24.5 Å². The summed E-state index contributed by atoms with van der Waals surface area (Å²) in [7, 11) is 0. The van der Waals surface area contributed by atoms with E-state index >= 15 is 0 Å². The number of fused-ring (bicyclic) bond motifs is 5. The van der Waals surface area contributed by atoms with Crippen molar-refractivity contribution in [3.63, 3.8) is 0 Å². The van der Waals surface area contributed by atoms with Gasteiger partial charge in [0.15, 0.2) is 5.82 Å². The van der Waals surface area contributed by atoms with Crippen LogP contribution >= 0.6 is 0 Å². The molecule has 3 atom stereocenters. The number of rotatable bonds is 3. The molecule has 1 N–H and O–H groups in total. The molecule has 0 spiro atoms. The predicted octanol–water partition coefficient (Wildman–Crippen LogP) is 1.63. The number of nitrogens with zero attached hydrogens (tertiary/aromatic N) is 5. The van der Waals surface area contributed by atoms with Crippen LogP contribution in [0.2, 0.25) is 0 Å². The van der Waals surface area contributed by atoms with Crippen molar-refractivity contribution >= 4 is 34.2 Å². The molecule has 3 unspecified atom stereocenters. The van der Waals surface area contributed by atoms with Gasteiger partial charge >= 0.3 is 11.2 Å². The summed E-state index contributed by atoms with van der Waals surface area (Å²) in [4.78, 5) is 52.7. The molecule has 3 aliphatic rings. The molecular weight excluding hydrogens is 440 g/mol. The van der Waals surface area contributed by atoms with Crippen molar-refractivity contribution in [1.82, 2.24) is 19.7 Å². The molecule has 34 heavy (non-hydrogen) atoms. The van der Waals surface area contributed by atoms with Crippen LogP contribution in [0.15, 0.2) is 41.2 Å². The highest BCUT2D eigenvalue weighted by atomic mass is 16.6. The monoisotopic (exact) mass is 462 g/mol. The lowest BCUT2D eigenvalue weighted by molar-refractivity contribution is -0.386. The molecule has 1 aromatic carbocycles. The third-order valence-corrected chi connectivity index (χ3v) is 7.27. The zero-order valence-electron chi connectivity index (χ0n) is 18.2. The number of benzene rings is 1. The molecule has 11 nitrogen and oxygen atoms in total. The number of H-pyrrole nitrogens is 1. The molecule has 3 aromatic rings. The van der Waals surface area contributed by atoms with Crippen molar-refractivity contribution in [2.45, 2.75) is 25.3 Å². The molecule has 5 heterocycles. The Labute approximate surface area is 193 Å². The molecule has 0 saturated carbocycles. The van der Waals surface area contributed by atoms with Gasteiger partial charge in [0.25, 0.3) is 0 Å². The summed E-state index contributed by atoms with van der Waals surface area (Å²) < 4.78 is 1.50. The first-order valence-corrected chi connectivity index (χ1v) is 11.3. The van der Waals surface area contributed by atoms with Crippen molar-refractivity contribution in [2.24, 2.45) is 11.8 Å². The fourth-order valence-corrected chi connectivity index (χ4v) is 5.74. The first-order chi connectivity index (χ1) is 16.4. The number of aromatic nitrogens is 3. The Kier molecular flexibility index (Phi) is 4.54. The summed E-state index contributed by atoms with van der Waals surface area (Å²) >= 11 is 0. The zero-order chi connectivity index (χ0) is 23.6. The molecule has 6 rings (SSSR count). The van der Waals surface area contributed by atoms with E-state index in [1.807, 2.05) is 24.3 Å². The maximum absolute atomic E-state index is 13.4. The van der Waals surface area contributed by atoms with Crippen molar-refractivity contribution < 1.29 is 14.5 Å². The third-order valence-electron chi connectivity index (χ3n) is 7.27. The number of aromatic amines is 1. The fourth-order valence-electron chi connectivity index (χ4n) is 5.74. The largest absolute Gasteiger partial charge is 0.341 e. The summed E-state index contributed by atoms with van der Waals surface area (Å²) in [5, 5.41) is 19.2. The summed E-state index contributed by atoms with van der Waals surface area (Å²) in [6, 6.07) is 10.5. The van der Waals surface area contributed by atoms with Crippen molar-refractivity contribution in [3.05, 3.63) is 62.6 Å². The van der Waals surface area contributed by atoms with Crippen LogP contribution < -0.4 is 10.5 Å². The number of amides is 2. The van der Waals surface area contributed by atoms with Gasteiger partial charge in [-0.1, -0.05) is 12.1 Å². The van der Waals surface area contributed by atoms with Crippen LogP contribution in [0.4, 0.5) is 11.5 Å². The van der Waals surface area contributed by atoms with Crippen LogP contribution in [0.25, 0.3) is 10.9 Å². The fraction of sp³-hybridized carbons (Fsp3) is 0.391. The van der Waals surface area contributed by atoms with Gasteiger partial charge in [-0.15, -0.1) is 0 Å². The van der Waals surface area contributed by atoms with Gasteiger partial charge in [0.1, 0.15) is 0 Å². The van der Waals surface area contributed by atoms with E-state index in [4.69, 9.17) is 0 Å². The average Bonchev–Trinajstić information content (AvgIpc) is 3.42. The number of para-hydroxylation sites is 1. The van der Waals surface area contributed by atoms with Crippen LogP contribution in [0.5, 0.6) is 0 Å². The van der Waals surface area contributed by atoms with Crippen molar-refractivity contribution in [3.8, 4) is 0 Å². The number of carbonyl (C=O) groups is 2. The van der Waals surface area contributed by atoms with Gasteiger partial charge in [0.05, 0.1) is 16.4 Å². The second-order valence-corrected chi connectivity index (χ2v) is 9.36. The lowest BCUT2D eigenvalue weighted by Crippen LogP contribution is -2.51. The highest BCUT2D eigenvalue weighted by molar-refractivity contribution is 6.05. The lowest BCUT2D eigenvalue weighted by atomic mass is 9.82. The number of hydrogen-bond acceptors (Lipinski definition) is 6. The Balaban J connectivity index is 1.22. The zero-order valence-corrected chi connectivity index (χ0v) is 18.2. The topological polar surface area (TPSA) is 134 Å². The normalized spacial score (nSPS) is 23.9. The van der Waals surface area contributed by atoms with Gasteiger partial charge in [-0.25, -0.2) is 0 Å². The van der Waals surface area contributed by atoms with Crippen LogP contribution in [0, 0.1) is 22.0 Å². The van der Waals surface area contributed by atoms with E-state index in [0.717, 1.165) is 23.0 Å². The molecule has 2 aromatic heterocycles. The molecule has 0 aliphatic carbocycles. The lowest BCUT2D eigenvalue weighted by Gasteiger charge is -2.43. The Bertz CT molecular complexity index is 1410. The molecule has 2 amide bonds. The van der Waals surface area contributed by atoms with Crippen molar-refractivity contribution in [1.29, 1.82) is 0 Å². The summed E-state index contributed by atoms with van der Waals surface area (Å²) in [6.07, 6.45) is 0.962. The molecule has 0 radical (unpaired) electrons. The predicted molar refractivity (Wildman–Crippen MR) is 121 cm³/mol. The Morgan fingerprint density at radius 2 is 1.91 bits per heavy atom. The number of carbonyl (C=O) groups excluding carboxylic acids is 2. The Morgan fingerprint density at radius 1 is 1.09 bits per heavy atom. The minimum absolute atomic E-state index is 0.0402. The minimum Gasteiger partial charge on any atom is -0.341 e. The van der Waals surface area contributed by atoms with Crippen LogP contribution in [-0.2, 0) is 16.1 Å². The molecule has 2 fully saturated rings. The number of nitrogens with one attached hydrogen (secondary N) is 1. The Hall–Kier alpha value is -4.02. The van der Waals surface area contributed by atoms with E-state index in [9.17, 15) is 24.5 Å². The minimum atomic E-state index is -0.652. The van der Waals surface area contributed by atoms with E-state index in [1.165, 1.54) is 10.6 Å². The van der Waals surface area contributed by atoms with Gasteiger partial charge in [-0.05, 0) is 30.5 Å². The average molecular weight is 462 g/mol. The SMILES string of the molecule is O=C(C1CC(=O)N(c2n[nH]c3ccccc23)C1)N1CC2CC(C1)c1ccc([N+](=O)[O-])c(=O)n1C2. The van der Waals surface area contributed by atoms with Crippen LogP contribution in [0.3, 0.4) is 0 Å². The van der Waals surface area contributed by atoms with Gasteiger partial charge in [-0.2, -0.15) is 5.10 Å². The summed E-state index contributed by atoms with van der Waals surface area (Å²) in [5.41, 5.74) is 0.557. The second-order valence-electron chi connectivity index (χ2n) is 9.36. The van der Waals surface area contributed by atoms with Gasteiger partial charge in [0, 0.05) is 55.7 Å². The number of nitro groups is 1. The van der Waals surface area contributed by atoms with Gasteiger partial charge in [-0.3, -0.25) is 34.5 Å². The van der Waals surface area contributed by atoms with Gasteiger partial charge in [0.2, 0.25) is 11.8 Å². The number of likely N-dealkylation sites (tertiary alicyclic amines) is 1. The highest BCUT2D eigenvalue weighted by Crippen LogP contribution is 2.37. The van der Waals surface area contributed by atoms with E-state index in [2.05, 4.69) is 10.2 Å². The summed E-state index contributed by atoms with van der Waals surface area (Å²) in [6.45, 7) is 1.54. The van der Waals surface area contributed by atoms with Crippen LogP contribution in [0.1, 0.15) is 24.5 Å². The maximum Gasteiger partial charge on any atom is 0.334 e. The quantitative estimate of drug-likeness (QED) is 0.464. The standard InChI is InChI=1S/C23H22N6O5/c30-20-8-15(12-28(20)21-16-3-1-2-4-17(16)24-25-21)22(31)26-9-13-7-14(11-26)18-5-6-19(29(33)34)23(32)27(18)10-13/h1-6,13-15H,7-12H2,(H,24,25). The number of hydrogen-bond donors (Lipinski definition) is 1. The highest BCUT2D eigenvalue weighted by Gasteiger charge is 2.43. The van der Waals surface area contributed by atoms with E-state index in [1.54, 1.807) is 15.9 Å². The molecule has 3 aliphatic heterocycles. The third kappa shape index (κ3) is 3.11. The van der Waals surface area contributed by atoms with E-state index < -0.39 is 22.1 Å². The Morgan fingerprint density at radius 3 is 2.74 bits per heavy atom. The molecular formula is C23H22N6O5. The molecule has 174 valence electrons. The number of pyridine rings is 1. The summed E-state index contributed by atoms with van der Waals surface area (Å²) in [5.74, 6) is -0.130.